The van der Waals surface area contributed by atoms with Crippen molar-refractivity contribution in [2.75, 3.05) is 0 Å². The van der Waals surface area contributed by atoms with E-state index in [1.807, 2.05) is 49.5 Å². The molecule has 7 heteroatoms. The molecular weight excluding hydrogens is 433 g/mol. The van der Waals surface area contributed by atoms with Gasteiger partial charge in [-0.15, -0.1) is 10.1 Å². The van der Waals surface area contributed by atoms with E-state index in [1.54, 1.807) is 41.1 Å². The molecule has 2 N–H and O–H groups in total. The van der Waals surface area contributed by atoms with Crippen LogP contribution in [0.3, 0.4) is 0 Å². The van der Waals surface area contributed by atoms with Crippen molar-refractivity contribution in [3.05, 3.63) is 105 Å². The summed E-state index contributed by atoms with van der Waals surface area (Å²) in [5.74, 6) is -0.613. The monoisotopic (exact) mass is 452 g/mol. The van der Waals surface area contributed by atoms with E-state index in [1.165, 1.54) is 0 Å². The van der Waals surface area contributed by atoms with Crippen LogP contribution in [-0.4, -0.2) is 28.8 Å². The molecule has 1 aliphatic heterocycles. The fourth-order valence-electron chi connectivity index (χ4n) is 3.48. The van der Waals surface area contributed by atoms with E-state index in [9.17, 15) is 9.59 Å². The summed E-state index contributed by atoms with van der Waals surface area (Å²) < 4.78 is 1.70. The van der Waals surface area contributed by atoms with E-state index in [2.05, 4.69) is 10.7 Å². The summed E-state index contributed by atoms with van der Waals surface area (Å²) >= 11 is 12.0. The number of benzene rings is 3. The summed E-state index contributed by atoms with van der Waals surface area (Å²) in [6.45, 7) is 1.95. The van der Waals surface area contributed by atoms with Gasteiger partial charge in [-0.05, 0) is 55.5 Å². The number of amides is 2. The molecule has 5 nitrogen and oxygen atoms in total. The second kappa shape index (κ2) is 8.92. The molecule has 0 aliphatic carbocycles. The van der Waals surface area contributed by atoms with Crippen LogP contribution in [0.5, 0.6) is 0 Å². The van der Waals surface area contributed by atoms with E-state index >= 15 is 0 Å². The molecule has 0 spiro atoms. The lowest BCUT2D eigenvalue weighted by Crippen LogP contribution is -2.42. The maximum atomic E-state index is 12.9. The summed E-state index contributed by atoms with van der Waals surface area (Å²) in [5, 5.41) is 4.10. The first-order chi connectivity index (χ1) is 14.9. The normalized spacial score (nSPS) is 19.3. The van der Waals surface area contributed by atoms with Crippen LogP contribution in [0.25, 0.3) is 0 Å². The smallest absolute Gasteiger partial charge is 0.304 e. The van der Waals surface area contributed by atoms with Crippen molar-refractivity contribution in [3.63, 3.8) is 0 Å². The molecule has 1 fully saturated rings. The third-order valence-electron chi connectivity index (χ3n) is 5.11. The average molecular weight is 453 g/mol. The molecule has 156 valence electrons. The number of carbonyl (C=O) groups excluding carboxylic acids is 2. The van der Waals surface area contributed by atoms with Gasteiger partial charge < -0.3 is 5.32 Å². The largest absolute Gasteiger partial charge is 0.334 e. The molecule has 31 heavy (non-hydrogen) atoms. The van der Waals surface area contributed by atoms with Crippen LogP contribution in [-0.2, 0) is 4.79 Å². The third-order valence-corrected chi connectivity index (χ3v) is 5.61. The zero-order valence-corrected chi connectivity index (χ0v) is 18.2. The molecule has 1 heterocycles. The SMILES string of the molecule is Cc1ccc(C(=O)N[C@H]2C(=O)N/[N+](=C\c3ccc(Cl)cc3)[C@H]2c2ccc(Cl)cc2)cc1. The number of aryl methyl sites for hydroxylation is 1. The molecule has 4 rings (SSSR count). The average Bonchev–Trinajstić information content (AvgIpc) is 3.05. The molecular formula is C24H20Cl2N3O2+. The Balaban J connectivity index is 1.69. The molecule has 0 bridgehead atoms. The van der Waals surface area contributed by atoms with Gasteiger partial charge in [0.2, 0.25) is 12.3 Å². The number of hydrogen-bond acceptors (Lipinski definition) is 2. The Morgan fingerprint density at radius 1 is 0.935 bits per heavy atom. The highest BCUT2D eigenvalue weighted by molar-refractivity contribution is 6.30. The summed E-state index contributed by atoms with van der Waals surface area (Å²) in [4.78, 5) is 25.7. The minimum Gasteiger partial charge on any atom is -0.334 e. The van der Waals surface area contributed by atoms with Gasteiger partial charge >= 0.3 is 5.91 Å². The summed E-state index contributed by atoms with van der Waals surface area (Å²) in [5.41, 5.74) is 6.09. The molecule has 0 unspecified atom stereocenters. The van der Waals surface area contributed by atoms with Crippen molar-refractivity contribution >= 4 is 41.2 Å². The molecule has 0 saturated carbocycles. The topological polar surface area (TPSA) is 61.2 Å². The van der Waals surface area contributed by atoms with Gasteiger partial charge in [-0.1, -0.05) is 53.0 Å². The van der Waals surface area contributed by atoms with Gasteiger partial charge in [-0.25, -0.2) is 0 Å². The second-order valence-electron chi connectivity index (χ2n) is 7.38. The molecule has 1 aliphatic rings. The van der Waals surface area contributed by atoms with Crippen LogP contribution in [0, 0.1) is 6.92 Å². The maximum absolute atomic E-state index is 12.9. The van der Waals surface area contributed by atoms with Crippen molar-refractivity contribution < 1.29 is 14.3 Å². The zero-order chi connectivity index (χ0) is 22.0. The third kappa shape index (κ3) is 4.79. The number of nitrogens with zero attached hydrogens (tertiary/aromatic N) is 1. The minimum atomic E-state index is -0.793. The van der Waals surface area contributed by atoms with E-state index in [-0.39, 0.29) is 11.8 Å². The first-order valence-corrected chi connectivity index (χ1v) is 10.5. The van der Waals surface area contributed by atoms with Crippen LogP contribution in [0.4, 0.5) is 0 Å². The molecule has 2 atom stereocenters. The van der Waals surface area contributed by atoms with E-state index < -0.39 is 12.1 Å². The molecule has 3 aromatic carbocycles. The number of nitrogens with one attached hydrogen (secondary N) is 2. The predicted octanol–water partition coefficient (Wildman–Crippen LogP) is 4.32. The molecule has 2 amide bonds. The Hall–Kier alpha value is -3.15. The summed E-state index contributed by atoms with van der Waals surface area (Å²) in [7, 11) is 0. The molecule has 3 aromatic rings. The van der Waals surface area contributed by atoms with Crippen molar-refractivity contribution in [1.29, 1.82) is 0 Å². The second-order valence-corrected chi connectivity index (χ2v) is 8.25. The number of rotatable bonds is 4. The van der Waals surface area contributed by atoms with Gasteiger partial charge in [-0.3, -0.25) is 9.59 Å². The Bertz CT molecular complexity index is 1140. The van der Waals surface area contributed by atoms with Gasteiger partial charge in [0.05, 0.1) is 0 Å². The van der Waals surface area contributed by atoms with Crippen LogP contribution in [0.15, 0.2) is 72.8 Å². The molecule has 1 saturated heterocycles. The van der Waals surface area contributed by atoms with Gasteiger partial charge in [0.25, 0.3) is 5.91 Å². The quantitative estimate of drug-likeness (QED) is 0.579. The van der Waals surface area contributed by atoms with Crippen molar-refractivity contribution in [1.82, 2.24) is 10.7 Å². The Morgan fingerprint density at radius 3 is 2.13 bits per heavy atom. The fraction of sp³-hybridized carbons (Fsp3) is 0.125. The lowest BCUT2D eigenvalue weighted by Gasteiger charge is -2.15. The van der Waals surface area contributed by atoms with Crippen LogP contribution in [0.1, 0.15) is 33.1 Å². The van der Waals surface area contributed by atoms with Crippen molar-refractivity contribution in [2.45, 2.75) is 19.0 Å². The number of carbonyl (C=O) groups is 2. The Morgan fingerprint density at radius 2 is 1.52 bits per heavy atom. The van der Waals surface area contributed by atoms with Gasteiger partial charge in [-0.2, -0.15) is 0 Å². The van der Waals surface area contributed by atoms with Gasteiger partial charge in [0, 0.05) is 26.7 Å². The first kappa shape index (κ1) is 21.1. The van der Waals surface area contributed by atoms with Crippen LogP contribution >= 0.6 is 23.2 Å². The standard InChI is InChI=1S/C24H19Cl2N3O2/c1-15-2-6-18(7-3-15)23(30)27-21-22(17-8-12-20(26)13-9-17)29(28-24(21)31)14-16-4-10-19(25)11-5-16/h2-14,21-22H,1H3,(H-,27,28,30,31)/p+1/b29-14-/t21-,22+/m1/s1. The first-order valence-electron chi connectivity index (χ1n) is 9.73. The lowest BCUT2D eigenvalue weighted by molar-refractivity contribution is -0.596. The Kier molecular flexibility index (Phi) is 6.07. The Labute approximate surface area is 190 Å². The van der Waals surface area contributed by atoms with Crippen LogP contribution < -0.4 is 10.7 Å². The van der Waals surface area contributed by atoms with Gasteiger partial charge in [0.15, 0.2) is 6.04 Å². The highest BCUT2D eigenvalue weighted by Crippen LogP contribution is 2.27. The van der Waals surface area contributed by atoms with Crippen molar-refractivity contribution in [3.8, 4) is 0 Å². The zero-order valence-electron chi connectivity index (χ0n) is 16.7. The highest BCUT2D eigenvalue weighted by atomic mass is 35.5. The summed E-state index contributed by atoms with van der Waals surface area (Å²) in [6, 6.07) is 20.4. The highest BCUT2D eigenvalue weighted by Gasteiger charge is 2.47. The maximum Gasteiger partial charge on any atom is 0.304 e. The number of halogens is 2. The predicted molar refractivity (Wildman–Crippen MR) is 122 cm³/mol. The molecule has 0 radical (unpaired) electrons. The number of hydrazone groups is 1. The van der Waals surface area contributed by atoms with Gasteiger partial charge in [0.1, 0.15) is 0 Å². The van der Waals surface area contributed by atoms with Crippen molar-refractivity contribution in [2.24, 2.45) is 0 Å². The minimum absolute atomic E-state index is 0.300. The van der Waals surface area contributed by atoms with E-state index in [4.69, 9.17) is 23.2 Å². The molecule has 0 aromatic heterocycles. The van der Waals surface area contributed by atoms with Crippen LogP contribution in [0.2, 0.25) is 10.0 Å². The lowest BCUT2D eigenvalue weighted by atomic mass is 9.99. The van der Waals surface area contributed by atoms with E-state index in [0.717, 1.165) is 16.7 Å². The fourth-order valence-corrected chi connectivity index (χ4v) is 3.73. The summed E-state index contributed by atoms with van der Waals surface area (Å²) in [6.07, 6.45) is 1.81. The number of hydrogen-bond donors (Lipinski definition) is 2. The number of hydrazine groups is 1. The van der Waals surface area contributed by atoms with E-state index in [0.29, 0.717) is 15.6 Å².